The quantitative estimate of drug-likeness (QED) is 0.455. The van der Waals surface area contributed by atoms with Gasteiger partial charge in [-0.05, 0) is 42.3 Å². The Balaban J connectivity index is 1.77. The molecule has 7 nitrogen and oxygen atoms in total. The molecule has 1 aromatic heterocycles. The van der Waals surface area contributed by atoms with Gasteiger partial charge in [0.25, 0.3) is 10.0 Å². The number of nitrogens with one attached hydrogen (secondary N) is 2. The summed E-state index contributed by atoms with van der Waals surface area (Å²) in [5, 5.41) is 10.3. The second-order valence-corrected chi connectivity index (χ2v) is 9.88. The predicted octanol–water partition coefficient (Wildman–Crippen LogP) is 4.23. The first-order valence-electron chi connectivity index (χ1n) is 8.54. The number of rotatable bonds is 8. The minimum absolute atomic E-state index is 0.0739. The Hall–Kier alpha value is -1.91. The van der Waals surface area contributed by atoms with Gasteiger partial charge in [0, 0.05) is 22.0 Å². The highest BCUT2D eigenvalue weighted by Crippen LogP contribution is 2.17. The van der Waals surface area contributed by atoms with Gasteiger partial charge in [0.1, 0.15) is 0 Å². The van der Waals surface area contributed by atoms with E-state index < -0.39 is 10.0 Å². The molecule has 0 aliphatic carbocycles. The third-order valence-electron chi connectivity index (χ3n) is 3.93. The average molecular weight is 529 g/mol. The van der Waals surface area contributed by atoms with Gasteiger partial charge in [-0.25, -0.2) is 8.42 Å². The molecule has 1 heterocycles. The third kappa shape index (κ3) is 5.33. The predicted molar refractivity (Wildman–Crippen MR) is 118 cm³/mol. The van der Waals surface area contributed by atoms with E-state index in [2.05, 4.69) is 52.6 Å². The first-order valence-corrected chi connectivity index (χ1v) is 11.7. The minimum atomic E-state index is -3.58. The summed E-state index contributed by atoms with van der Waals surface area (Å²) in [6.07, 6.45) is 0. The average Bonchev–Trinajstić information content (AvgIpc) is 3.11. The summed E-state index contributed by atoms with van der Waals surface area (Å²) >= 11 is 6.79. The number of aromatic nitrogens is 3. The molecule has 10 heteroatoms. The van der Waals surface area contributed by atoms with E-state index in [0.29, 0.717) is 13.1 Å². The van der Waals surface area contributed by atoms with Crippen LogP contribution in [0.3, 0.4) is 0 Å². The Morgan fingerprint density at radius 1 is 0.893 bits per heavy atom. The molecule has 0 saturated heterocycles. The van der Waals surface area contributed by atoms with Crippen molar-refractivity contribution < 1.29 is 8.42 Å². The van der Waals surface area contributed by atoms with Crippen LogP contribution in [0.4, 0.5) is 11.9 Å². The molecule has 0 aliphatic rings. The first-order chi connectivity index (χ1) is 13.4. The van der Waals surface area contributed by atoms with Gasteiger partial charge in [-0.1, -0.05) is 56.1 Å². The second-order valence-electron chi connectivity index (χ2n) is 5.96. The Morgan fingerprint density at radius 2 is 1.39 bits per heavy atom. The second kappa shape index (κ2) is 9.06. The van der Waals surface area contributed by atoms with Crippen molar-refractivity contribution in [1.82, 2.24) is 14.2 Å². The van der Waals surface area contributed by atoms with E-state index in [1.54, 1.807) is 6.92 Å². The monoisotopic (exact) mass is 527 g/mol. The fraction of sp³-hybridized carbons (Fsp3) is 0.222. The summed E-state index contributed by atoms with van der Waals surface area (Å²) < 4.78 is 27.7. The lowest BCUT2D eigenvalue weighted by atomic mass is 10.2. The number of hydrogen-bond donors (Lipinski definition) is 2. The van der Waals surface area contributed by atoms with Crippen molar-refractivity contribution in [3.05, 3.63) is 68.6 Å². The van der Waals surface area contributed by atoms with E-state index in [1.807, 2.05) is 48.5 Å². The largest absolute Gasteiger partial charge is 0.349 e. The molecule has 0 bridgehead atoms. The van der Waals surface area contributed by atoms with E-state index >= 15 is 0 Å². The first kappa shape index (κ1) is 20.8. The van der Waals surface area contributed by atoms with Crippen LogP contribution >= 0.6 is 31.9 Å². The molecule has 0 unspecified atom stereocenters. The summed E-state index contributed by atoms with van der Waals surface area (Å²) in [4.78, 5) is 4.32. The molecule has 0 amide bonds. The van der Waals surface area contributed by atoms with Crippen LogP contribution < -0.4 is 10.6 Å². The fourth-order valence-corrected chi connectivity index (χ4v) is 3.71. The van der Waals surface area contributed by atoms with Crippen LogP contribution in [0.5, 0.6) is 0 Å². The summed E-state index contributed by atoms with van der Waals surface area (Å²) in [6.45, 7) is 2.48. The third-order valence-corrected chi connectivity index (χ3v) is 6.50. The van der Waals surface area contributed by atoms with Crippen molar-refractivity contribution in [2.75, 3.05) is 16.4 Å². The van der Waals surface area contributed by atoms with Gasteiger partial charge in [0.2, 0.25) is 11.9 Å². The zero-order valence-electron chi connectivity index (χ0n) is 15.1. The Bertz CT molecular complexity index is 1030. The molecule has 2 aromatic carbocycles. The fourth-order valence-electron chi connectivity index (χ4n) is 2.36. The molecule has 0 aliphatic heterocycles. The number of benzene rings is 2. The van der Waals surface area contributed by atoms with E-state index in [4.69, 9.17) is 0 Å². The van der Waals surface area contributed by atoms with Crippen LogP contribution in [-0.4, -0.2) is 28.3 Å². The van der Waals surface area contributed by atoms with Crippen LogP contribution in [0.25, 0.3) is 0 Å². The highest BCUT2D eigenvalue weighted by atomic mass is 79.9. The van der Waals surface area contributed by atoms with Crippen molar-refractivity contribution in [3.8, 4) is 0 Å². The van der Waals surface area contributed by atoms with Crippen LogP contribution in [0.15, 0.2) is 57.5 Å². The Kier molecular flexibility index (Phi) is 6.73. The summed E-state index contributed by atoms with van der Waals surface area (Å²) in [6, 6.07) is 15.5. The van der Waals surface area contributed by atoms with Crippen molar-refractivity contribution in [2.24, 2.45) is 0 Å². The molecule has 0 radical (unpaired) electrons. The zero-order chi connectivity index (χ0) is 20.1. The van der Waals surface area contributed by atoms with Gasteiger partial charge in [-0.15, -0.1) is 9.19 Å². The van der Waals surface area contributed by atoms with Gasteiger partial charge in [0.05, 0.1) is 5.75 Å². The maximum absolute atomic E-state index is 12.4. The van der Waals surface area contributed by atoms with Gasteiger partial charge < -0.3 is 10.6 Å². The van der Waals surface area contributed by atoms with E-state index in [0.717, 1.165) is 24.2 Å². The van der Waals surface area contributed by atoms with Crippen molar-refractivity contribution >= 4 is 53.8 Å². The number of anilines is 2. The maximum Gasteiger partial charge on any atom is 0.256 e. The number of halogens is 2. The highest BCUT2D eigenvalue weighted by molar-refractivity contribution is 9.10. The van der Waals surface area contributed by atoms with Gasteiger partial charge in [-0.3, -0.25) is 0 Å². The highest BCUT2D eigenvalue weighted by Gasteiger charge is 2.20. The SMILES string of the molecule is CCS(=O)(=O)n1nc(NCc2ccc(Br)cc2)nc1NCc1ccc(Br)cc1. The lowest BCUT2D eigenvalue weighted by Crippen LogP contribution is -2.19. The van der Waals surface area contributed by atoms with Crippen molar-refractivity contribution in [3.63, 3.8) is 0 Å². The van der Waals surface area contributed by atoms with E-state index in [-0.39, 0.29) is 17.6 Å². The topological polar surface area (TPSA) is 88.9 Å². The lowest BCUT2D eigenvalue weighted by molar-refractivity contribution is 0.582. The molecular formula is C18H19Br2N5O2S. The van der Waals surface area contributed by atoms with E-state index in [1.165, 1.54) is 0 Å². The molecule has 0 fully saturated rings. The van der Waals surface area contributed by atoms with Gasteiger partial charge >= 0.3 is 0 Å². The molecule has 0 saturated carbocycles. The van der Waals surface area contributed by atoms with Crippen LogP contribution in [0, 0.1) is 0 Å². The van der Waals surface area contributed by atoms with Crippen LogP contribution in [0.1, 0.15) is 18.1 Å². The van der Waals surface area contributed by atoms with Crippen molar-refractivity contribution in [2.45, 2.75) is 20.0 Å². The van der Waals surface area contributed by atoms with Gasteiger partial charge in [0.15, 0.2) is 0 Å². The molecule has 3 rings (SSSR count). The molecule has 28 heavy (non-hydrogen) atoms. The normalized spacial score (nSPS) is 11.4. The summed E-state index contributed by atoms with van der Waals surface area (Å²) in [5.41, 5.74) is 2.03. The molecular weight excluding hydrogens is 510 g/mol. The Labute approximate surface area is 180 Å². The summed E-state index contributed by atoms with van der Waals surface area (Å²) in [7, 11) is -3.58. The number of hydrogen-bond acceptors (Lipinski definition) is 6. The summed E-state index contributed by atoms with van der Waals surface area (Å²) in [5.74, 6) is 0.358. The maximum atomic E-state index is 12.4. The standard InChI is InChI=1S/C18H19Br2N5O2S/c1-2-28(26,27)25-18(22-12-14-5-9-16(20)10-6-14)23-17(24-25)21-11-13-3-7-15(19)8-4-13/h3-10H,2,11-12H2,1H3,(H2,21,22,23,24). The molecule has 148 valence electrons. The minimum Gasteiger partial charge on any atom is -0.349 e. The number of nitrogens with zero attached hydrogens (tertiary/aromatic N) is 3. The van der Waals surface area contributed by atoms with Crippen molar-refractivity contribution in [1.29, 1.82) is 0 Å². The molecule has 0 spiro atoms. The molecule has 2 N–H and O–H groups in total. The molecule has 0 atom stereocenters. The zero-order valence-corrected chi connectivity index (χ0v) is 19.1. The smallest absolute Gasteiger partial charge is 0.256 e. The van der Waals surface area contributed by atoms with Gasteiger partial charge in [-0.2, -0.15) is 4.98 Å². The van der Waals surface area contributed by atoms with Crippen LogP contribution in [0.2, 0.25) is 0 Å². The lowest BCUT2D eigenvalue weighted by Gasteiger charge is -2.07. The van der Waals surface area contributed by atoms with E-state index in [9.17, 15) is 8.42 Å². The Morgan fingerprint density at radius 3 is 1.89 bits per heavy atom. The van der Waals surface area contributed by atoms with Crippen LogP contribution in [-0.2, 0) is 23.1 Å². The molecule has 3 aromatic rings.